The Morgan fingerprint density at radius 1 is 0.933 bits per heavy atom. The van der Waals surface area contributed by atoms with Crippen LogP contribution in [0.3, 0.4) is 0 Å². The first-order valence-electron chi connectivity index (χ1n) is 5.16. The minimum absolute atomic E-state index is 0.804. The van der Waals surface area contributed by atoms with Crippen molar-refractivity contribution >= 4 is 11.2 Å². The molecule has 2 heterocycles. The van der Waals surface area contributed by atoms with E-state index >= 15 is 0 Å². The molecule has 2 aromatic rings. The van der Waals surface area contributed by atoms with Crippen LogP contribution in [0.4, 0.5) is 5.69 Å². The van der Waals surface area contributed by atoms with Crippen LogP contribution in [0.15, 0.2) is 0 Å². The Morgan fingerprint density at radius 2 is 1.53 bits per heavy atom. The summed E-state index contributed by atoms with van der Waals surface area (Å²) >= 11 is 0. The predicted octanol–water partition coefficient (Wildman–Crippen LogP) is 2.46. The molecular formula is C12H17N3. The summed E-state index contributed by atoms with van der Waals surface area (Å²) in [5, 5.41) is 4.47. The fourth-order valence-corrected chi connectivity index (χ4v) is 2.03. The molecule has 0 spiro atoms. The third-order valence-electron chi connectivity index (χ3n) is 3.45. The van der Waals surface area contributed by atoms with E-state index in [4.69, 9.17) is 5.73 Å². The van der Waals surface area contributed by atoms with Crippen molar-refractivity contribution in [3.63, 3.8) is 0 Å². The van der Waals surface area contributed by atoms with Gasteiger partial charge in [-0.05, 0) is 51.3 Å². The van der Waals surface area contributed by atoms with E-state index in [9.17, 15) is 0 Å². The van der Waals surface area contributed by atoms with Gasteiger partial charge in [-0.25, -0.2) is 4.52 Å². The van der Waals surface area contributed by atoms with Gasteiger partial charge in [0.25, 0.3) is 0 Å². The lowest BCUT2D eigenvalue weighted by atomic mass is 10.0. The first-order chi connectivity index (χ1) is 6.95. The molecule has 2 N–H and O–H groups in total. The van der Waals surface area contributed by atoms with E-state index in [0.29, 0.717) is 0 Å². The molecule has 0 amide bonds. The van der Waals surface area contributed by atoms with Crippen molar-refractivity contribution in [1.82, 2.24) is 9.61 Å². The number of pyridine rings is 1. The van der Waals surface area contributed by atoms with E-state index in [1.54, 1.807) is 0 Å². The van der Waals surface area contributed by atoms with Crippen molar-refractivity contribution in [3.05, 3.63) is 28.1 Å². The van der Waals surface area contributed by atoms with Crippen molar-refractivity contribution in [2.75, 3.05) is 5.73 Å². The highest BCUT2D eigenvalue weighted by atomic mass is 15.2. The fourth-order valence-electron chi connectivity index (χ4n) is 2.03. The molecule has 0 aliphatic rings. The van der Waals surface area contributed by atoms with Gasteiger partial charge in [0.15, 0.2) is 0 Å². The molecule has 2 rings (SSSR count). The molecule has 0 aliphatic carbocycles. The van der Waals surface area contributed by atoms with Crippen LogP contribution in [0, 0.1) is 34.6 Å². The molecule has 0 aliphatic heterocycles. The van der Waals surface area contributed by atoms with Gasteiger partial charge in [0.1, 0.15) is 0 Å². The van der Waals surface area contributed by atoms with E-state index in [-0.39, 0.29) is 0 Å². The summed E-state index contributed by atoms with van der Waals surface area (Å²) in [5.74, 6) is 0. The number of hydrogen-bond acceptors (Lipinski definition) is 2. The summed E-state index contributed by atoms with van der Waals surface area (Å²) in [7, 11) is 0. The molecule has 2 aromatic heterocycles. The van der Waals surface area contributed by atoms with Crippen molar-refractivity contribution in [3.8, 4) is 0 Å². The summed E-state index contributed by atoms with van der Waals surface area (Å²) in [5.41, 5.74) is 13.8. The van der Waals surface area contributed by atoms with Gasteiger partial charge in [0, 0.05) is 5.69 Å². The standard InChI is InChI=1S/C12H17N3/c1-6-7(2)10(5)15-12(8(6)3)11(13)9(4)14-15/h13H2,1-5H3. The minimum atomic E-state index is 0.804. The maximum Gasteiger partial charge on any atom is 0.0929 e. The second-order valence-corrected chi connectivity index (χ2v) is 4.22. The number of rotatable bonds is 0. The monoisotopic (exact) mass is 203 g/mol. The minimum Gasteiger partial charge on any atom is -0.395 e. The molecule has 0 saturated heterocycles. The zero-order valence-electron chi connectivity index (χ0n) is 9.97. The normalized spacial score (nSPS) is 11.3. The Bertz CT molecular complexity index is 550. The lowest BCUT2D eigenvalue weighted by molar-refractivity contribution is 0.874. The maximum absolute atomic E-state index is 6.04. The smallest absolute Gasteiger partial charge is 0.0929 e. The number of aryl methyl sites for hydroxylation is 3. The van der Waals surface area contributed by atoms with Gasteiger partial charge < -0.3 is 5.73 Å². The van der Waals surface area contributed by atoms with E-state index in [1.807, 2.05) is 11.4 Å². The molecule has 80 valence electrons. The van der Waals surface area contributed by atoms with Crippen LogP contribution in [0.25, 0.3) is 5.52 Å². The SMILES string of the molecule is Cc1nn2c(C)c(C)c(C)c(C)c2c1N. The van der Waals surface area contributed by atoms with E-state index in [2.05, 4.69) is 32.8 Å². The lowest BCUT2D eigenvalue weighted by Crippen LogP contribution is -2.02. The van der Waals surface area contributed by atoms with Gasteiger partial charge in [0.05, 0.1) is 16.9 Å². The van der Waals surface area contributed by atoms with E-state index in [0.717, 1.165) is 16.9 Å². The average molecular weight is 203 g/mol. The molecule has 0 saturated carbocycles. The second-order valence-electron chi connectivity index (χ2n) is 4.22. The molecule has 0 atom stereocenters. The van der Waals surface area contributed by atoms with Gasteiger partial charge in [0.2, 0.25) is 0 Å². The third kappa shape index (κ3) is 1.16. The topological polar surface area (TPSA) is 43.3 Å². The molecule has 0 radical (unpaired) electrons. The Labute approximate surface area is 89.9 Å². The maximum atomic E-state index is 6.04. The quantitative estimate of drug-likeness (QED) is 0.714. The van der Waals surface area contributed by atoms with Crippen molar-refractivity contribution < 1.29 is 0 Å². The van der Waals surface area contributed by atoms with Crippen LogP contribution in [-0.4, -0.2) is 9.61 Å². The third-order valence-corrected chi connectivity index (χ3v) is 3.45. The molecule has 0 bridgehead atoms. The number of nitrogens with zero attached hydrogens (tertiary/aromatic N) is 2. The number of nitrogens with two attached hydrogens (primary N) is 1. The molecule has 3 heteroatoms. The Balaban J connectivity index is 3.07. The van der Waals surface area contributed by atoms with Crippen LogP contribution in [-0.2, 0) is 0 Å². The first-order valence-corrected chi connectivity index (χ1v) is 5.16. The Kier molecular flexibility index (Phi) is 2.00. The second kappa shape index (κ2) is 2.99. The number of anilines is 1. The Hall–Kier alpha value is -1.51. The van der Waals surface area contributed by atoms with Gasteiger partial charge >= 0.3 is 0 Å². The number of aromatic nitrogens is 2. The summed E-state index contributed by atoms with van der Waals surface area (Å²) in [6.45, 7) is 10.4. The fraction of sp³-hybridized carbons (Fsp3) is 0.417. The summed E-state index contributed by atoms with van der Waals surface area (Å²) in [4.78, 5) is 0. The van der Waals surface area contributed by atoms with Crippen LogP contribution in [0.2, 0.25) is 0 Å². The van der Waals surface area contributed by atoms with Crippen LogP contribution >= 0.6 is 0 Å². The van der Waals surface area contributed by atoms with Gasteiger partial charge in [-0.15, -0.1) is 0 Å². The summed E-state index contributed by atoms with van der Waals surface area (Å²) in [6, 6.07) is 0. The molecule has 3 nitrogen and oxygen atoms in total. The zero-order valence-corrected chi connectivity index (χ0v) is 9.97. The zero-order chi connectivity index (χ0) is 11.3. The van der Waals surface area contributed by atoms with Crippen molar-refractivity contribution in [1.29, 1.82) is 0 Å². The van der Waals surface area contributed by atoms with E-state index in [1.165, 1.54) is 22.4 Å². The molecular weight excluding hydrogens is 186 g/mol. The number of fused-ring (bicyclic) bond motifs is 1. The number of nitrogen functional groups attached to an aromatic ring is 1. The van der Waals surface area contributed by atoms with Crippen molar-refractivity contribution in [2.45, 2.75) is 34.6 Å². The molecule has 0 fully saturated rings. The summed E-state index contributed by atoms with van der Waals surface area (Å²) < 4.78 is 1.96. The largest absolute Gasteiger partial charge is 0.395 e. The predicted molar refractivity (Wildman–Crippen MR) is 63.3 cm³/mol. The first kappa shape index (κ1) is 10.0. The molecule has 0 aromatic carbocycles. The van der Waals surface area contributed by atoms with E-state index < -0.39 is 0 Å². The van der Waals surface area contributed by atoms with Crippen LogP contribution < -0.4 is 5.73 Å². The molecule has 15 heavy (non-hydrogen) atoms. The van der Waals surface area contributed by atoms with Gasteiger partial charge in [-0.3, -0.25) is 0 Å². The van der Waals surface area contributed by atoms with Crippen LogP contribution in [0.1, 0.15) is 28.1 Å². The summed E-state index contributed by atoms with van der Waals surface area (Å²) in [6.07, 6.45) is 0. The van der Waals surface area contributed by atoms with Crippen LogP contribution in [0.5, 0.6) is 0 Å². The molecule has 0 unspecified atom stereocenters. The van der Waals surface area contributed by atoms with Gasteiger partial charge in [-0.2, -0.15) is 5.10 Å². The highest BCUT2D eigenvalue weighted by Gasteiger charge is 2.14. The number of hydrogen-bond donors (Lipinski definition) is 1. The highest BCUT2D eigenvalue weighted by Crippen LogP contribution is 2.27. The Morgan fingerprint density at radius 3 is 2.13 bits per heavy atom. The lowest BCUT2D eigenvalue weighted by Gasteiger charge is -2.11. The average Bonchev–Trinajstić information content (AvgIpc) is 2.50. The van der Waals surface area contributed by atoms with Crippen molar-refractivity contribution in [2.24, 2.45) is 0 Å². The van der Waals surface area contributed by atoms with Gasteiger partial charge in [-0.1, -0.05) is 0 Å². The highest BCUT2D eigenvalue weighted by molar-refractivity contribution is 5.77.